The number of ketones is 1. The number of nitrogens with zero attached hydrogens (tertiary/aromatic N) is 1. The van der Waals surface area contributed by atoms with Gasteiger partial charge >= 0.3 is 6.09 Å². The van der Waals surface area contributed by atoms with Crippen molar-refractivity contribution in [3.8, 4) is 11.5 Å². The molecule has 6 nitrogen and oxygen atoms in total. The van der Waals surface area contributed by atoms with Gasteiger partial charge in [-0.25, -0.2) is 4.79 Å². The van der Waals surface area contributed by atoms with E-state index in [4.69, 9.17) is 14.2 Å². The first kappa shape index (κ1) is 15.4. The van der Waals surface area contributed by atoms with Gasteiger partial charge < -0.3 is 19.1 Å². The number of ether oxygens (including phenoxy) is 3. The average Bonchev–Trinajstić information content (AvgIpc) is 2.95. The summed E-state index contributed by atoms with van der Waals surface area (Å²) in [6.07, 6.45) is 1.97. The van der Waals surface area contributed by atoms with Crippen LogP contribution in [0.2, 0.25) is 0 Å². The lowest BCUT2D eigenvalue weighted by molar-refractivity contribution is 0.0437. The molecule has 0 saturated carbocycles. The van der Waals surface area contributed by atoms with Crippen molar-refractivity contribution in [2.24, 2.45) is 0 Å². The van der Waals surface area contributed by atoms with Crippen LogP contribution in [-0.4, -0.2) is 49.2 Å². The molecule has 0 aliphatic carbocycles. The van der Waals surface area contributed by atoms with Crippen LogP contribution < -0.4 is 9.47 Å². The molecule has 1 spiro atoms. The van der Waals surface area contributed by atoms with Crippen LogP contribution in [0.1, 0.15) is 23.2 Å². The van der Waals surface area contributed by atoms with Crippen molar-refractivity contribution >= 4 is 11.9 Å². The van der Waals surface area contributed by atoms with Crippen LogP contribution in [0.5, 0.6) is 11.5 Å². The molecule has 1 amide bonds. The molecule has 1 aromatic carbocycles. The molecule has 1 atom stereocenters. The maximum Gasteiger partial charge on any atom is 0.410 e. The Morgan fingerprint density at radius 1 is 1.52 bits per heavy atom. The fraction of sp³-hybridized carbons (Fsp3) is 0.412. The Kier molecular flexibility index (Phi) is 3.98. The number of methoxy groups -OCH3 is 1. The second kappa shape index (κ2) is 5.95. The first-order valence-corrected chi connectivity index (χ1v) is 7.50. The molecule has 0 bridgehead atoms. The van der Waals surface area contributed by atoms with Crippen LogP contribution in [0.4, 0.5) is 4.79 Å². The number of carbonyl (C=O) groups is 2. The predicted octanol–water partition coefficient (Wildman–Crippen LogP) is 2.43. The number of fused-ring (bicyclic) bond motifs is 1. The topological polar surface area (TPSA) is 65.1 Å². The van der Waals surface area contributed by atoms with Crippen LogP contribution in [0.25, 0.3) is 0 Å². The Labute approximate surface area is 134 Å². The molecule has 23 heavy (non-hydrogen) atoms. The molecule has 122 valence electrons. The molecule has 2 heterocycles. The van der Waals surface area contributed by atoms with Gasteiger partial charge in [-0.2, -0.15) is 0 Å². The summed E-state index contributed by atoms with van der Waals surface area (Å²) in [6, 6.07) is 5.19. The Morgan fingerprint density at radius 2 is 2.35 bits per heavy atom. The minimum Gasteiger partial charge on any atom is -0.497 e. The number of Topliss-reactive ketones (excluding diaryl/α,β-unsaturated/α-hetero) is 1. The fourth-order valence-corrected chi connectivity index (χ4v) is 3.05. The molecule has 0 aromatic heterocycles. The summed E-state index contributed by atoms with van der Waals surface area (Å²) in [5.74, 6) is 1.17. The zero-order valence-electron chi connectivity index (χ0n) is 13.0. The van der Waals surface area contributed by atoms with Gasteiger partial charge in [0.05, 0.1) is 25.6 Å². The molecule has 1 aromatic rings. The summed E-state index contributed by atoms with van der Waals surface area (Å²) in [6.45, 7) is 4.54. The average molecular weight is 317 g/mol. The van der Waals surface area contributed by atoms with Crippen molar-refractivity contribution in [1.82, 2.24) is 4.90 Å². The minimum atomic E-state index is -0.661. The van der Waals surface area contributed by atoms with Crippen LogP contribution >= 0.6 is 0 Å². The zero-order chi connectivity index (χ0) is 16.4. The fourth-order valence-electron chi connectivity index (χ4n) is 3.05. The molecular formula is C17H19NO5. The summed E-state index contributed by atoms with van der Waals surface area (Å²) >= 11 is 0. The van der Waals surface area contributed by atoms with E-state index in [0.29, 0.717) is 36.6 Å². The maximum atomic E-state index is 12.5. The zero-order valence-corrected chi connectivity index (χ0v) is 13.0. The van der Waals surface area contributed by atoms with Gasteiger partial charge in [0.2, 0.25) is 0 Å². The standard InChI is InChI=1S/C17H19NO5/c1-3-8-22-16(20)18-7-6-17(11-18)10-14(19)13-9-12(21-2)4-5-15(13)23-17/h3-5,9H,1,6-8,10-11H2,2H3. The van der Waals surface area contributed by atoms with E-state index < -0.39 is 11.7 Å². The third kappa shape index (κ3) is 2.88. The summed E-state index contributed by atoms with van der Waals surface area (Å²) in [5, 5.41) is 0. The van der Waals surface area contributed by atoms with Crippen molar-refractivity contribution in [3.63, 3.8) is 0 Å². The summed E-state index contributed by atoms with van der Waals surface area (Å²) in [7, 11) is 1.56. The lowest BCUT2D eigenvalue weighted by Gasteiger charge is -2.34. The minimum absolute atomic E-state index is 0.00598. The monoisotopic (exact) mass is 317 g/mol. The maximum absolute atomic E-state index is 12.5. The molecule has 1 saturated heterocycles. The third-order valence-corrected chi connectivity index (χ3v) is 4.20. The van der Waals surface area contributed by atoms with Gasteiger partial charge in [-0.15, -0.1) is 0 Å². The summed E-state index contributed by atoms with van der Waals surface area (Å²) in [5.41, 5.74) is -0.131. The van der Waals surface area contributed by atoms with Crippen molar-refractivity contribution in [2.45, 2.75) is 18.4 Å². The SMILES string of the molecule is C=CCOC(=O)N1CCC2(CC(=O)c3cc(OC)ccc3O2)C1. The summed E-state index contributed by atoms with van der Waals surface area (Å²) in [4.78, 5) is 26.0. The Bertz CT molecular complexity index is 656. The first-order valence-electron chi connectivity index (χ1n) is 7.50. The number of hydrogen-bond donors (Lipinski definition) is 0. The Balaban J connectivity index is 1.76. The Hall–Kier alpha value is -2.50. The van der Waals surface area contributed by atoms with E-state index >= 15 is 0 Å². The third-order valence-electron chi connectivity index (χ3n) is 4.20. The smallest absolute Gasteiger partial charge is 0.410 e. The number of amides is 1. The van der Waals surface area contributed by atoms with Gasteiger partial charge in [0.1, 0.15) is 23.7 Å². The van der Waals surface area contributed by atoms with E-state index in [1.165, 1.54) is 6.08 Å². The lowest BCUT2D eigenvalue weighted by Crippen LogP contribution is -2.45. The van der Waals surface area contributed by atoms with E-state index in [-0.39, 0.29) is 18.8 Å². The van der Waals surface area contributed by atoms with Crippen LogP contribution in [-0.2, 0) is 4.74 Å². The van der Waals surface area contributed by atoms with Crippen molar-refractivity contribution in [3.05, 3.63) is 36.4 Å². The first-order chi connectivity index (χ1) is 11.1. The van der Waals surface area contributed by atoms with Gasteiger partial charge in [-0.1, -0.05) is 12.7 Å². The summed E-state index contributed by atoms with van der Waals surface area (Å²) < 4.78 is 16.3. The molecule has 1 fully saturated rings. The highest BCUT2D eigenvalue weighted by Crippen LogP contribution is 2.40. The largest absolute Gasteiger partial charge is 0.497 e. The second-order valence-corrected chi connectivity index (χ2v) is 5.78. The van der Waals surface area contributed by atoms with E-state index in [0.717, 1.165) is 0 Å². The van der Waals surface area contributed by atoms with Gasteiger partial charge in [-0.05, 0) is 18.2 Å². The number of likely N-dealkylation sites (tertiary alicyclic amines) is 1. The molecule has 2 aliphatic rings. The molecule has 1 unspecified atom stereocenters. The molecule has 6 heteroatoms. The Morgan fingerprint density at radius 3 is 3.09 bits per heavy atom. The number of carbonyl (C=O) groups excluding carboxylic acids is 2. The van der Waals surface area contributed by atoms with Gasteiger partial charge in [-0.3, -0.25) is 4.79 Å². The molecule has 0 N–H and O–H groups in total. The molecule has 3 rings (SSSR count). The van der Waals surface area contributed by atoms with Crippen molar-refractivity contribution in [2.75, 3.05) is 26.8 Å². The van der Waals surface area contributed by atoms with Crippen molar-refractivity contribution < 1.29 is 23.8 Å². The highest BCUT2D eigenvalue weighted by Gasteiger charge is 2.47. The van der Waals surface area contributed by atoms with Gasteiger partial charge in [0.15, 0.2) is 5.78 Å². The number of hydrogen-bond acceptors (Lipinski definition) is 5. The van der Waals surface area contributed by atoms with E-state index in [9.17, 15) is 9.59 Å². The van der Waals surface area contributed by atoms with Crippen molar-refractivity contribution in [1.29, 1.82) is 0 Å². The lowest BCUT2D eigenvalue weighted by atomic mass is 9.89. The number of benzene rings is 1. The molecule has 0 radical (unpaired) electrons. The van der Waals surface area contributed by atoms with Crippen LogP contribution in [0, 0.1) is 0 Å². The van der Waals surface area contributed by atoms with E-state index in [1.54, 1.807) is 30.2 Å². The van der Waals surface area contributed by atoms with E-state index in [2.05, 4.69) is 6.58 Å². The van der Waals surface area contributed by atoms with Gasteiger partial charge in [0, 0.05) is 13.0 Å². The highest BCUT2D eigenvalue weighted by molar-refractivity contribution is 6.00. The van der Waals surface area contributed by atoms with Crippen LogP contribution in [0.3, 0.4) is 0 Å². The number of rotatable bonds is 3. The second-order valence-electron chi connectivity index (χ2n) is 5.78. The molecule has 2 aliphatic heterocycles. The predicted molar refractivity (Wildman–Crippen MR) is 83.0 cm³/mol. The van der Waals surface area contributed by atoms with E-state index in [1.807, 2.05) is 0 Å². The normalized spacial score (nSPS) is 22.5. The highest BCUT2D eigenvalue weighted by atomic mass is 16.6. The molecular weight excluding hydrogens is 298 g/mol. The van der Waals surface area contributed by atoms with Crippen LogP contribution in [0.15, 0.2) is 30.9 Å². The van der Waals surface area contributed by atoms with Gasteiger partial charge in [0.25, 0.3) is 0 Å². The quantitative estimate of drug-likeness (QED) is 0.801.